The van der Waals surface area contributed by atoms with E-state index in [1.54, 1.807) is 64.7 Å². The van der Waals surface area contributed by atoms with E-state index < -0.39 is 0 Å². The minimum atomic E-state index is -0.261. The third kappa shape index (κ3) is 7.07. The van der Waals surface area contributed by atoms with Crippen molar-refractivity contribution in [2.24, 2.45) is 0 Å². The third-order valence-corrected chi connectivity index (χ3v) is 5.31. The molecule has 4 rings (SSSR count). The Bertz CT molecular complexity index is 1440. The monoisotopic (exact) mass is 514 g/mol. The molecule has 1 aromatic heterocycles. The summed E-state index contributed by atoms with van der Waals surface area (Å²) in [5.41, 5.74) is 3.91. The molecule has 0 saturated heterocycles. The fraction of sp³-hybridized carbons (Fsp3) is 0.172. The molecule has 0 aliphatic carbocycles. The Kier molecular flexibility index (Phi) is 9.37. The zero-order valence-electron chi connectivity index (χ0n) is 21.9. The molecule has 3 amide bonds. The summed E-state index contributed by atoms with van der Waals surface area (Å²) in [5.74, 6) is 0.776. The van der Waals surface area contributed by atoms with E-state index in [-0.39, 0.29) is 11.8 Å². The van der Waals surface area contributed by atoms with Crippen molar-refractivity contribution in [3.8, 4) is 22.8 Å². The lowest BCUT2D eigenvalue weighted by atomic mass is 10.0. The van der Waals surface area contributed by atoms with E-state index in [1.807, 2.05) is 36.4 Å². The van der Waals surface area contributed by atoms with Crippen molar-refractivity contribution in [1.29, 1.82) is 0 Å². The van der Waals surface area contributed by atoms with Gasteiger partial charge in [-0.3, -0.25) is 14.4 Å². The number of rotatable bonds is 7. The maximum atomic E-state index is 13.2. The lowest BCUT2D eigenvalue weighted by molar-refractivity contribution is -0.116. The molecule has 4 aromatic rings. The van der Waals surface area contributed by atoms with Gasteiger partial charge in [0.25, 0.3) is 5.91 Å². The minimum Gasteiger partial charge on any atom is -0.493 e. The Balaban J connectivity index is 0.000000732. The van der Waals surface area contributed by atoms with Gasteiger partial charge in [-0.25, -0.2) is 4.98 Å². The van der Waals surface area contributed by atoms with Crippen LogP contribution in [0.15, 0.2) is 72.8 Å². The number of anilines is 2. The Morgan fingerprint density at radius 2 is 1.45 bits per heavy atom. The molecule has 9 nitrogen and oxygen atoms in total. The maximum Gasteiger partial charge on any atom is 0.256 e. The molecule has 3 aromatic carbocycles. The first-order valence-electron chi connectivity index (χ1n) is 11.7. The van der Waals surface area contributed by atoms with Crippen LogP contribution >= 0.6 is 0 Å². The standard InChI is InChI=1S/C26H23N3O4.C3H7NO/c1-16(30)27-18-9-11-19(12-10-18)28-26(31)21-15-23(29-22-7-5-4-6-20(21)22)17-8-13-24(32-2)25(14-17)33-3;1-4(2)3-5/h4-15H,1-3H3,(H,27,30)(H,28,31);3H,1-2H3. The molecule has 0 radical (unpaired) electrons. The van der Waals surface area contributed by atoms with Crippen LogP contribution in [-0.2, 0) is 9.59 Å². The molecule has 1 heterocycles. The van der Waals surface area contributed by atoms with Crippen molar-refractivity contribution in [2.45, 2.75) is 6.92 Å². The van der Waals surface area contributed by atoms with Crippen LogP contribution in [0.25, 0.3) is 22.2 Å². The third-order valence-electron chi connectivity index (χ3n) is 5.31. The summed E-state index contributed by atoms with van der Waals surface area (Å²) in [6.45, 7) is 1.44. The van der Waals surface area contributed by atoms with E-state index in [1.165, 1.54) is 11.8 Å². The van der Waals surface area contributed by atoms with Crippen molar-refractivity contribution in [2.75, 3.05) is 38.9 Å². The van der Waals surface area contributed by atoms with Gasteiger partial charge in [-0.1, -0.05) is 18.2 Å². The smallest absolute Gasteiger partial charge is 0.256 e. The number of nitrogens with one attached hydrogen (secondary N) is 2. The van der Waals surface area contributed by atoms with Crippen LogP contribution in [-0.4, -0.2) is 56.4 Å². The number of hydrogen-bond acceptors (Lipinski definition) is 6. The van der Waals surface area contributed by atoms with E-state index in [0.717, 1.165) is 17.4 Å². The zero-order valence-corrected chi connectivity index (χ0v) is 21.9. The summed E-state index contributed by atoms with van der Waals surface area (Å²) in [4.78, 5) is 40.1. The number of ether oxygens (including phenoxy) is 2. The van der Waals surface area contributed by atoms with Gasteiger partial charge in [-0.05, 0) is 54.6 Å². The summed E-state index contributed by atoms with van der Waals surface area (Å²) < 4.78 is 10.7. The molecule has 2 N–H and O–H groups in total. The molecule has 0 atom stereocenters. The van der Waals surface area contributed by atoms with Gasteiger partial charge in [0.15, 0.2) is 11.5 Å². The molecule has 9 heteroatoms. The number of carbonyl (C=O) groups is 3. The second-order valence-corrected chi connectivity index (χ2v) is 8.42. The highest BCUT2D eigenvalue weighted by molar-refractivity contribution is 6.13. The van der Waals surface area contributed by atoms with E-state index >= 15 is 0 Å². The molecule has 0 saturated carbocycles. The number of para-hydroxylation sites is 1. The van der Waals surface area contributed by atoms with E-state index in [9.17, 15) is 14.4 Å². The second kappa shape index (κ2) is 12.9. The average Bonchev–Trinajstić information content (AvgIpc) is 2.93. The van der Waals surface area contributed by atoms with Gasteiger partial charge < -0.3 is 25.0 Å². The van der Waals surface area contributed by atoms with Crippen molar-refractivity contribution in [3.05, 3.63) is 78.4 Å². The van der Waals surface area contributed by atoms with Crippen LogP contribution < -0.4 is 20.1 Å². The van der Waals surface area contributed by atoms with Crippen molar-refractivity contribution < 1.29 is 23.9 Å². The molecular formula is C29H30N4O5. The highest BCUT2D eigenvalue weighted by atomic mass is 16.5. The van der Waals surface area contributed by atoms with Gasteiger partial charge in [0.1, 0.15) is 0 Å². The Hall–Kier alpha value is -4.92. The predicted octanol–water partition coefficient (Wildman–Crippen LogP) is 4.83. The van der Waals surface area contributed by atoms with Gasteiger partial charge in [0.05, 0.1) is 31.0 Å². The maximum absolute atomic E-state index is 13.2. The first kappa shape index (κ1) is 27.7. The quantitative estimate of drug-likeness (QED) is 0.342. The number of nitrogens with zero attached hydrogens (tertiary/aromatic N) is 2. The summed E-state index contributed by atoms with van der Waals surface area (Å²) in [7, 11) is 6.53. The average molecular weight is 515 g/mol. The fourth-order valence-electron chi connectivity index (χ4n) is 3.55. The molecule has 196 valence electrons. The van der Waals surface area contributed by atoms with Crippen LogP contribution in [0.1, 0.15) is 17.3 Å². The lowest BCUT2D eigenvalue weighted by Crippen LogP contribution is -2.13. The molecule has 38 heavy (non-hydrogen) atoms. The molecule has 0 aliphatic rings. The number of carbonyl (C=O) groups excluding carboxylic acids is 3. The van der Waals surface area contributed by atoms with E-state index in [0.29, 0.717) is 39.6 Å². The first-order valence-corrected chi connectivity index (χ1v) is 11.7. The topological polar surface area (TPSA) is 110 Å². The SMILES string of the molecule is CN(C)C=O.COc1ccc(-c2cc(C(=O)Nc3ccc(NC(C)=O)cc3)c3ccccc3n2)cc1OC. The second-order valence-electron chi connectivity index (χ2n) is 8.42. The summed E-state index contributed by atoms with van der Waals surface area (Å²) in [5, 5.41) is 6.38. The molecular weight excluding hydrogens is 484 g/mol. The Morgan fingerprint density at radius 1 is 0.842 bits per heavy atom. The highest BCUT2D eigenvalue weighted by Crippen LogP contribution is 2.33. The predicted molar refractivity (Wildman–Crippen MR) is 149 cm³/mol. The number of methoxy groups -OCH3 is 2. The van der Waals surface area contributed by atoms with Gasteiger partial charge in [0, 0.05) is 43.3 Å². The summed E-state index contributed by atoms with van der Waals surface area (Å²) >= 11 is 0. The first-order chi connectivity index (χ1) is 18.2. The summed E-state index contributed by atoms with van der Waals surface area (Å²) in [6.07, 6.45) is 0.750. The lowest BCUT2D eigenvalue weighted by Gasteiger charge is -2.13. The highest BCUT2D eigenvalue weighted by Gasteiger charge is 2.15. The summed E-state index contributed by atoms with van der Waals surface area (Å²) in [6, 6.07) is 21.7. The number of hydrogen-bond donors (Lipinski definition) is 2. The van der Waals surface area contributed by atoms with E-state index in [2.05, 4.69) is 10.6 Å². The number of fused-ring (bicyclic) bond motifs is 1. The van der Waals surface area contributed by atoms with Gasteiger partial charge >= 0.3 is 0 Å². The molecule has 0 aliphatic heterocycles. The fourth-order valence-corrected chi connectivity index (χ4v) is 3.55. The van der Waals surface area contributed by atoms with Crippen LogP contribution in [0.4, 0.5) is 11.4 Å². The normalized spacial score (nSPS) is 10.0. The van der Waals surface area contributed by atoms with Gasteiger partial charge in [0.2, 0.25) is 12.3 Å². The van der Waals surface area contributed by atoms with Crippen molar-refractivity contribution in [3.63, 3.8) is 0 Å². The number of pyridine rings is 1. The van der Waals surface area contributed by atoms with Crippen LogP contribution in [0.2, 0.25) is 0 Å². The molecule has 0 unspecified atom stereocenters. The Labute approximate surface area is 221 Å². The largest absolute Gasteiger partial charge is 0.493 e. The zero-order chi connectivity index (χ0) is 27.7. The number of benzene rings is 3. The molecule has 0 fully saturated rings. The molecule has 0 spiro atoms. The number of amides is 3. The van der Waals surface area contributed by atoms with Gasteiger partial charge in [-0.15, -0.1) is 0 Å². The van der Waals surface area contributed by atoms with Crippen molar-refractivity contribution >= 4 is 40.5 Å². The van der Waals surface area contributed by atoms with Gasteiger partial charge in [-0.2, -0.15) is 0 Å². The van der Waals surface area contributed by atoms with E-state index in [4.69, 9.17) is 14.5 Å². The van der Waals surface area contributed by atoms with Crippen LogP contribution in [0.3, 0.4) is 0 Å². The van der Waals surface area contributed by atoms with Crippen LogP contribution in [0.5, 0.6) is 11.5 Å². The van der Waals surface area contributed by atoms with Crippen molar-refractivity contribution in [1.82, 2.24) is 9.88 Å². The molecule has 0 bridgehead atoms. The van der Waals surface area contributed by atoms with Crippen LogP contribution in [0, 0.1) is 0 Å². The Morgan fingerprint density at radius 3 is 2.03 bits per heavy atom. The number of aromatic nitrogens is 1. The minimum absolute atomic E-state index is 0.155.